The van der Waals surface area contributed by atoms with Gasteiger partial charge in [-0.25, -0.2) is 28.7 Å². The summed E-state index contributed by atoms with van der Waals surface area (Å²) in [7, 11) is 0. The number of fused-ring (bicyclic) bond motifs is 6. The molecule has 9 heteroatoms. The number of benzene rings is 10. The highest BCUT2D eigenvalue weighted by atomic mass is 19.1. The Hall–Kier alpha value is -12.3. The van der Waals surface area contributed by atoms with Crippen LogP contribution in [0.1, 0.15) is 5.56 Å². The van der Waals surface area contributed by atoms with Crippen LogP contribution in [0.5, 0.6) is 0 Å². The Morgan fingerprint density at radius 1 is 0.278 bits per heavy atom. The van der Waals surface area contributed by atoms with Gasteiger partial charge in [0.2, 0.25) is 0 Å². The van der Waals surface area contributed by atoms with Gasteiger partial charge < -0.3 is 9.13 Å². The van der Waals surface area contributed by atoms with Crippen LogP contribution in [0, 0.1) is 23.0 Å². The van der Waals surface area contributed by atoms with Crippen LogP contribution in [-0.2, 0) is 0 Å². The van der Waals surface area contributed by atoms with Crippen LogP contribution in [0.4, 0.5) is 8.78 Å². The predicted octanol–water partition coefficient (Wildman–Crippen LogP) is 20.6. The average Bonchev–Trinajstić information content (AvgIpc) is 1.55. The maximum atomic E-state index is 16.8. The van der Waals surface area contributed by atoms with E-state index in [0.29, 0.717) is 22.4 Å². The number of hydrogen-bond acceptors (Lipinski definition) is 5. The number of rotatable bonds is 11. The van der Waals surface area contributed by atoms with Crippen molar-refractivity contribution >= 4 is 43.6 Å². The maximum absolute atomic E-state index is 16.8. The molecule has 0 fully saturated rings. The SMILES string of the molecule is N#Cc1c(-n2c3ccc(-c4cccc(-c5ccccc5)n4)cc3c3cc(-c4cccc(-c5ccccc5)n4)ccc32)ccc(-c2c(F)cccc2F)c1-n1c2ccc(-c3cccc(-c4ccccc4)n3)cc2c2cc(-c3cccc(-c4ccccc4)n3)ccc21. The molecule has 0 bridgehead atoms. The van der Waals surface area contributed by atoms with Gasteiger partial charge in [-0.05, 0) is 121 Å². The number of nitriles is 1. The molecule has 0 aliphatic heterocycles. The predicted molar refractivity (Wildman–Crippen MR) is 360 cm³/mol. The fraction of sp³-hybridized carbons (Fsp3) is 0. The van der Waals surface area contributed by atoms with Crippen molar-refractivity contribution in [3.05, 3.63) is 314 Å². The molecule has 0 radical (unpaired) electrons. The molecule has 0 saturated heterocycles. The van der Waals surface area contributed by atoms with Crippen LogP contribution in [0.2, 0.25) is 0 Å². The van der Waals surface area contributed by atoms with Crippen LogP contribution in [0.3, 0.4) is 0 Å². The van der Waals surface area contributed by atoms with Crippen molar-refractivity contribution in [1.29, 1.82) is 5.26 Å². The van der Waals surface area contributed by atoms with Crippen molar-refractivity contribution < 1.29 is 8.78 Å². The van der Waals surface area contributed by atoms with E-state index < -0.39 is 11.6 Å². The molecule has 422 valence electrons. The average molecular weight is 1160 g/mol. The number of nitrogens with zero attached hydrogens (tertiary/aromatic N) is 7. The van der Waals surface area contributed by atoms with E-state index in [9.17, 15) is 5.26 Å². The second kappa shape index (κ2) is 22.2. The molecule has 7 nitrogen and oxygen atoms in total. The lowest BCUT2D eigenvalue weighted by atomic mass is 9.97. The molecule has 6 heterocycles. The molecule has 0 amide bonds. The van der Waals surface area contributed by atoms with E-state index in [0.717, 1.165) is 123 Å². The summed E-state index contributed by atoms with van der Waals surface area (Å²) in [5.41, 5.74) is 17.9. The van der Waals surface area contributed by atoms with Gasteiger partial charge in [-0.2, -0.15) is 5.26 Å². The third-order valence-corrected chi connectivity index (χ3v) is 17.0. The van der Waals surface area contributed by atoms with Gasteiger partial charge in [0.1, 0.15) is 23.3 Å². The molecule has 16 aromatic rings. The van der Waals surface area contributed by atoms with E-state index in [-0.39, 0.29) is 16.7 Å². The largest absolute Gasteiger partial charge is 0.308 e. The first-order valence-electron chi connectivity index (χ1n) is 29.7. The first kappa shape index (κ1) is 53.2. The summed E-state index contributed by atoms with van der Waals surface area (Å²) in [5.74, 6) is -1.53. The second-order valence-electron chi connectivity index (χ2n) is 22.3. The zero-order valence-corrected chi connectivity index (χ0v) is 48.2. The molecule has 0 atom stereocenters. The first-order chi connectivity index (χ1) is 44.4. The Kier molecular flexibility index (Phi) is 13.2. The van der Waals surface area contributed by atoms with E-state index in [2.05, 4.69) is 83.4 Å². The maximum Gasteiger partial charge on any atom is 0.134 e. The van der Waals surface area contributed by atoms with E-state index in [1.54, 1.807) is 6.07 Å². The normalized spacial score (nSPS) is 11.4. The Morgan fingerprint density at radius 3 is 0.878 bits per heavy atom. The van der Waals surface area contributed by atoms with E-state index in [1.807, 2.05) is 205 Å². The van der Waals surface area contributed by atoms with Gasteiger partial charge in [0.05, 0.1) is 84.6 Å². The smallest absolute Gasteiger partial charge is 0.134 e. The quantitative estimate of drug-likeness (QED) is 0.129. The molecule has 0 saturated carbocycles. The summed E-state index contributed by atoms with van der Waals surface area (Å²) in [6.45, 7) is 0. The third-order valence-electron chi connectivity index (χ3n) is 17.0. The topological polar surface area (TPSA) is 85.2 Å². The van der Waals surface area contributed by atoms with E-state index in [4.69, 9.17) is 19.9 Å². The fourth-order valence-electron chi connectivity index (χ4n) is 12.7. The molecule has 16 rings (SSSR count). The van der Waals surface area contributed by atoms with Gasteiger partial charge in [0.25, 0.3) is 0 Å². The first-order valence-corrected chi connectivity index (χ1v) is 29.7. The molecular formula is C81H49F2N7. The van der Waals surface area contributed by atoms with Crippen LogP contribution >= 0.6 is 0 Å². The van der Waals surface area contributed by atoms with Crippen molar-refractivity contribution in [2.75, 3.05) is 0 Å². The Bertz CT molecular complexity index is 5220. The van der Waals surface area contributed by atoms with Crippen LogP contribution in [-0.4, -0.2) is 29.1 Å². The van der Waals surface area contributed by atoms with Gasteiger partial charge in [-0.1, -0.05) is 176 Å². The molecule has 90 heavy (non-hydrogen) atoms. The second-order valence-corrected chi connectivity index (χ2v) is 22.3. The highest BCUT2D eigenvalue weighted by Gasteiger charge is 2.28. The van der Waals surface area contributed by atoms with Crippen LogP contribution in [0.25, 0.3) is 156 Å². The summed E-state index contributed by atoms with van der Waals surface area (Å²) < 4.78 is 37.8. The lowest BCUT2D eigenvalue weighted by Crippen LogP contribution is -2.07. The summed E-state index contributed by atoms with van der Waals surface area (Å²) >= 11 is 0. The Morgan fingerprint density at radius 2 is 0.567 bits per heavy atom. The summed E-state index contributed by atoms with van der Waals surface area (Å²) in [6.07, 6.45) is 0. The molecular weight excluding hydrogens is 1110 g/mol. The molecule has 0 unspecified atom stereocenters. The Balaban J connectivity index is 0.957. The summed E-state index contributed by atoms with van der Waals surface area (Å²) in [5, 5.41) is 15.6. The number of halogens is 2. The molecule has 0 aliphatic carbocycles. The van der Waals surface area contributed by atoms with Gasteiger partial charge in [-0.3, -0.25) is 0 Å². The standard InChI is InChI=1S/C81H49F2N7/c82-65-26-13-27-66(83)80(65)59-40-45-79(89-75-41-36-55(71-32-14-28-67(85-71)51-18-5-1-6-19-51)46-60(75)61-47-56(37-42-76(61)89)72-33-15-29-68(86-72)52-20-7-2-8-21-52)64(50-84)81(59)90-77-43-38-57(73-34-16-30-69(87-73)53-22-9-3-10-23-53)48-62(77)63-49-58(39-44-78(63)90)74-35-17-31-70(88-74)54-24-11-4-12-25-54/h1-49H. The fourth-order valence-corrected chi connectivity index (χ4v) is 12.7. The monoisotopic (exact) mass is 1160 g/mol. The minimum Gasteiger partial charge on any atom is -0.308 e. The zero-order chi connectivity index (χ0) is 60.2. The van der Waals surface area contributed by atoms with Crippen molar-refractivity contribution in [2.24, 2.45) is 0 Å². The lowest BCUT2D eigenvalue weighted by molar-refractivity contribution is 0.589. The number of aromatic nitrogens is 6. The molecule has 10 aromatic carbocycles. The highest BCUT2D eigenvalue weighted by molar-refractivity contribution is 6.14. The van der Waals surface area contributed by atoms with Crippen molar-refractivity contribution in [3.8, 4) is 119 Å². The zero-order valence-electron chi connectivity index (χ0n) is 48.2. The van der Waals surface area contributed by atoms with Crippen molar-refractivity contribution in [2.45, 2.75) is 0 Å². The van der Waals surface area contributed by atoms with E-state index in [1.165, 1.54) is 18.2 Å². The Labute approximate surface area is 517 Å². The van der Waals surface area contributed by atoms with Crippen LogP contribution in [0.15, 0.2) is 297 Å². The number of hydrogen-bond donors (Lipinski definition) is 0. The van der Waals surface area contributed by atoms with Crippen molar-refractivity contribution in [1.82, 2.24) is 29.1 Å². The minimum atomic E-state index is -0.765. The highest BCUT2D eigenvalue weighted by Crippen LogP contribution is 2.46. The van der Waals surface area contributed by atoms with Gasteiger partial charge in [-0.15, -0.1) is 0 Å². The van der Waals surface area contributed by atoms with Gasteiger partial charge in [0.15, 0.2) is 0 Å². The summed E-state index contributed by atoms with van der Waals surface area (Å²) in [4.78, 5) is 20.7. The lowest BCUT2D eigenvalue weighted by Gasteiger charge is -2.20. The number of pyridine rings is 4. The van der Waals surface area contributed by atoms with Crippen LogP contribution < -0.4 is 0 Å². The molecule has 0 spiro atoms. The minimum absolute atomic E-state index is 0.193. The van der Waals surface area contributed by atoms with Crippen molar-refractivity contribution in [3.63, 3.8) is 0 Å². The van der Waals surface area contributed by atoms with Gasteiger partial charge in [0, 0.05) is 71.6 Å². The van der Waals surface area contributed by atoms with E-state index >= 15 is 8.78 Å². The third kappa shape index (κ3) is 9.35. The molecule has 0 N–H and O–H groups in total. The molecule has 0 aliphatic rings. The van der Waals surface area contributed by atoms with Gasteiger partial charge >= 0.3 is 0 Å². The molecule has 6 aromatic heterocycles. The summed E-state index contributed by atoms with van der Waals surface area (Å²) in [6, 6.07) is 99.6.